The summed E-state index contributed by atoms with van der Waals surface area (Å²) in [7, 11) is 0. The van der Waals surface area contributed by atoms with Gasteiger partial charge in [-0.3, -0.25) is 4.79 Å². The molecule has 1 saturated heterocycles. The van der Waals surface area contributed by atoms with Crippen molar-refractivity contribution in [2.75, 3.05) is 6.61 Å². The summed E-state index contributed by atoms with van der Waals surface area (Å²) in [4.78, 5) is 17.7. The zero-order valence-corrected chi connectivity index (χ0v) is 20.8. The van der Waals surface area contributed by atoms with Crippen LogP contribution in [0.15, 0.2) is 70.6 Å². The summed E-state index contributed by atoms with van der Waals surface area (Å²) >= 11 is 7.55. The Labute approximate surface area is 208 Å². The lowest BCUT2D eigenvalue weighted by Crippen LogP contribution is -2.19. The number of aryl methyl sites for hydroxylation is 1. The van der Waals surface area contributed by atoms with Crippen LogP contribution in [-0.4, -0.2) is 17.7 Å². The Kier molecular flexibility index (Phi) is 7.60. The molecule has 5 nitrogen and oxygen atoms in total. The molecule has 0 spiro atoms. The van der Waals surface area contributed by atoms with E-state index in [-0.39, 0.29) is 5.91 Å². The molecular formula is C27H25ClN2O3S. The minimum atomic E-state index is -0.175. The first-order chi connectivity index (χ1) is 16.4. The number of benzene rings is 3. The van der Waals surface area contributed by atoms with Crippen LogP contribution in [0.1, 0.15) is 29.2 Å². The summed E-state index contributed by atoms with van der Waals surface area (Å²) in [6.45, 7) is 6.81. The summed E-state index contributed by atoms with van der Waals surface area (Å²) in [5.41, 5.74) is 4.83. The Bertz CT molecular complexity index is 1290. The second-order valence-corrected chi connectivity index (χ2v) is 9.16. The highest BCUT2D eigenvalue weighted by Crippen LogP contribution is 2.34. The number of thioether (sulfide) groups is 1. The first-order valence-electron chi connectivity index (χ1n) is 10.9. The van der Waals surface area contributed by atoms with Gasteiger partial charge in [0.1, 0.15) is 6.61 Å². The standard InChI is InChI=1S/C27H25ClN2O3S/c1-4-32-24-14-19(12-13-23(24)33-16-20-9-5-6-10-21(20)28)15-25-26(31)30-27(34-25)29-22-11-7-8-17(2)18(22)3/h5-15H,4,16H2,1-3H3,(H,29,30,31)/b25-15-. The highest BCUT2D eigenvalue weighted by Gasteiger charge is 2.24. The second-order valence-electron chi connectivity index (χ2n) is 7.72. The predicted octanol–water partition coefficient (Wildman–Crippen LogP) is 6.83. The van der Waals surface area contributed by atoms with Gasteiger partial charge in [-0.05, 0) is 79.6 Å². The third kappa shape index (κ3) is 5.64. The Balaban J connectivity index is 1.53. The number of amides is 1. The maximum absolute atomic E-state index is 12.6. The quantitative estimate of drug-likeness (QED) is 0.367. The summed E-state index contributed by atoms with van der Waals surface area (Å²) in [6.07, 6.45) is 1.83. The number of hydrogen-bond acceptors (Lipinski definition) is 5. The zero-order valence-electron chi connectivity index (χ0n) is 19.2. The first kappa shape index (κ1) is 23.9. The molecule has 0 bridgehead atoms. The van der Waals surface area contributed by atoms with E-state index in [0.29, 0.717) is 39.8 Å². The van der Waals surface area contributed by atoms with Crippen molar-refractivity contribution in [3.8, 4) is 11.5 Å². The third-order valence-electron chi connectivity index (χ3n) is 5.36. The zero-order chi connectivity index (χ0) is 24.1. The second kappa shape index (κ2) is 10.8. The molecule has 7 heteroatoms. The van der Waals surface area contributed by atoms with Gasteiger partial charge in [0.05, 0.1) is 17.2 Å². The van der Waals surface area contributed by atoms with E-state index in [0.717, 1.165) is 27.9 Å². The van der Waals surface area contributed by atoms with E-state index in [1.54, 1.807) is 0 Å². The van der Waals surface area contributed by atoms with Gasteiger partial charge >= 0.3 is 0 Å². The van der Waals surface area contributed by atoms with Crippen LogP contribution in [0, 0.1) is 13.8 Å². The van der Waals surface area contributed by atoms with Crippen molar-refractivity contribution in [1.82, 2.24) is 5.32 Å². The van der Waals surface area contributed by atoms with Crippen molar-refractivity contribution in [1.29, 1.82) is 0 Å². The maximum Gasteiger partial charge on any atom is 0.264 e. The van der Waals surface area contributed by atoms with E-state index in [9.17, 15) is 4.79 Å². The van der Waals surface area contributed by atoms with Crippen LogP contribution < -0.4 is 14.8 Å². The molecule has 0 radical (unpaired) electrons. The van der Waals surface area contributed by atoms with Crippen LogP contribution in [0.4, 0.5) is 5.69 Å². The first-order valence-corrected chi connectivity index (χ1v) is 12.1. The molecule has 1 heterocycles. The van der Waals surface area contributed by atoms with Crippen LogP contribution in [0.5, 0.6) is 11.5 Å². The molecule has 1 fully saturated rings. The molecule has 4 rings (SSSR count). The van der Waals surface area contributed by atoms with Crippen molar-refractivity contribution in [3.63, 3.8) is 0 Å². The van der Waals surface area contributed by atoms with E-state index in [1.165, 1.54) is 11.8 Å². The molecule has 3 aromatic carbocycles. The lowest BCUT2D eigenvalue weighted by atomic mass is 10.1. The minimum absolute atomic E-state index is 0.175. The van der Waals surface area contributed by atoms with Crippen LogP contribution in [-0.2, 0) is 11.4 Å². The number of nitrogens with one attached hydrogen (secondary N) is 1. The number of nitrogens with zero attached hydrogens (tertiary/aromatic N) is 1. The van der Waals surface area contributed by atoms with Crippen molar-refractivity contribution >= 4 is 46.2 Å². The van der Waals surface area contributed by atoms with Gasteiger partial charge in [-0.15, -0.1) is 0 Å². The summed E-state index contributed by atoms with van der Waals surface area (Å²) < 4.78 is 11.8. The number of aliphatic imine (C=N–C) groups is 1. The Hall–Kier alpha value is -3.22. The molecule has 34 heavy (non-hydrogen) atoms. The summed E-state index contributed by atoms with van der Waals surface area (Å²) in [5.74, 6) is 1.05. The number of hydrogen-bond donors (Lipinski definition) is 1. The highest BCUT2D eigenvalue weighted by atomic mass is 35.5. The van der Waals surface area contributed by atoms with Crippen molar-refractivity contribution < 1.29 is 14.3 Å². The Morgan fingerprint density at radius 3 is 2.65 bits per heavy atom. The van der Waals surface area contributed by atoms with Gasteiger partial charge in [-0.1, -0.05) is 48.0 Å². The van der Waals surface area contributed by atoms with Crippen LogP contribution in [0.25, 0.3) is 6.08 Å². The molecule has 0 atom stereocenters. The van der Waals surface area contributed by atoms with Gasteiger partial charge < -0.3 is 14.8 Å². The lowest BCUT2D eigenvalue weighted by Gasteiger charge is -2.13. The highest BCUT2D eigenvalue weighted by molar-refractivity contribution is 8.18. The molecule has 174 valence electrons. The molecule has 1 aliphatic heterocycles. The summed E-state index contributed by atoms with van der Waals surface area (Å²) in [5, 5.41) is 4.07. The molecule has 0 saturated carbocycles. The van der Waals surface area contributed by atoms with E-state index >= 15 is 0 Å². The molecule has 0 aliphatic carbocycles. The SMILES string of the molecule is CCOc1cc(/C=C2\SC(=Nc3cccc(C)c3C)NC2=O)ccc1OCc1ccccc1Cl. The van der Waals surface area contributed by atoms with E-state index in [1.807, 2.05) is 87.5 Å². The molecule has 1 amide bonds. The van der Waals surface area contributed by atoms with Crippen molar-refractivity contribution in [3.05, 3.63) is 92.8 Å². The fourth-order valence-corrected chi connectivity index (χ4v) is 4.40. The van der Waals surface area contributed by atoms with Crippen LogP contribution in [0.3, 0.4) is 0 Å². The van der Waals surface area contributed by atoms with Crippen LogP contribution in [0.2, 0.25) is 5.02 Å². The third-order valence-corrected chi connectivity index (χ3v) is 6.63. The van der Waals surface area contributed by atoms with Gasteiger partial charge in [0.15, 0.2) is 16.7 Å². The molecular weight excluding hydrogens is 468 g/mol. The number of carbonyl (C=O) groups excluding carboxylic acids is 1. The number of rotatable bonds is 7. The lowest BCUT2D eigenvalue weighted by molar-refractivity contribution is -0.115. The Morgan fingerprint density at radius 2 is 1.85 bits per heavy atom. The fraction of sp³-hybridized carbons (Fsp3) is 0.185. The maximum atomic E-state index is 12.6. The van der Waals surface area contributed by atoms with Gasteiger partial charge in [0.25, 0.3) is 5.91 Å². The molecule has 3 aromatic rings. The average Bonchev–Trinajstić information content (AvgIpc) is 3.16. The van der Waals surface area contributed by atoms with Gasteiger partial charge in [-0.2, -0.15) is 0 Å². The fourth-order valence-electron chi connectivity index (χ4n) is 3.37. The van der Waals surface area contributed by atoms with Crippen molar-refractivity contribution in [2.45, 2.75) is 27.4 Å². The van der Waals surface area contributed by atoms with E-state index < -0.39 is 0 Å². The smallest absolute Gasteiger partial charge is 0.264 e. The minimum Gasteiger partial charge on any atom is -0.490 e. The molecule has 1 aliphatic rings. The molecule has 0 unspecified atom stereocenters. The van der Waals surface area contributed by atoms with Gasteiger partial charge in [0, 0.05) is 10.6 Å². The van der Waals surface area contributed by atoms with Crippen LogP contribution >= 0.6 is 23.4 Å². The Morgan fingerprint density at radius 1 is 1.03 bits per heavy atom. The largest absolute Gasteiger partial charge is 0.490 e. The number of halogens is 1. The van der Waals surface area contributed by atoms with Gasteiger partial charge in [-0.25, -0.2) is 4.99 Å². The average molecular weight is 493 g/mol. The van der Waals surface area contributed by atoms with Gasteiger partial charge in [0.2, 0.25) is 0 Å². The summed E-state index contributed by atoms with van der Waals surface area (Å²) in [6, 6.07) is 19.1. The topological polar surface area (TPSA) is 59.9 Å². The number of amidine groups is 1. The van der Waals surface area contributed by atoms with Crippen molar-refractivity contribution in [2.24, 2.45) is 4.99 Å². The number of ether oxygens (including phenoxy) is 2. The normalized spacial score (nSPS) is 15.6. The number of carbonyl (C=O) groups is 1. The predicted molar refractivity (Wildman–Crippen MR) is 140 cm³/mol. The van der Waals surface area contributed by atoms with E-state index in [4.69, 9.17) is 21.1 Å². The molecule has 1 N–H and O–H groups in total. The molecule has 0 aromatic heterocycles. The van der Waals surface area contributed by atoms with E-state index in [2.05, 4.69) is 10.3 Å². The monoisotopic (exact) mass is 492 g/mol.